The van der Waals surface area contributed by atoms with Gasteiger partial charge in [-0.25, -0.2) is 0 Å². The van der Waals surface area contributed by atoms with Crippen molar-refractivity contribution in [1.29, 1.82) is 0 Å². The van der Waals surface area contributed by atoms with Gasteiger partial charge in [0.2, 0.25) is 0 Å². The molecule has 0 aliphatic carbocycles. The Kier molecular flexibility index (Phi) is 7.21. The molecule has 0 bridgehead atoms. The summed E-state index contributed by atoms with van der Waals surface area (Å²) in [6.07, 6.45) is -9.62. The van der Waals surface area contributed by atoms with E-state index in [1.807, 2.05) is 100 Å². The van der Waals surface area contributed by atoms with E-state index >= 15 is 26.3 Å². The van der Waals surface area contributed by atoms with E-state index in [0.717, 1.165) is 62.0 Å². The van der Waals surface area contributed by atoms with Gasteiger partial charge in [0.05, 0.1) is 44.6 Å². The highest BCUT2D eigenvalue weighted by atomic mass is 19.4. The summed E-state index contributed by atoms with van der Waals surface area (Å²) in [6, 6.07) is 28.6. The first-order valence-electron chi connectivity index (χ1n) is 16.6. The molecule has 8 heteroatoms. The standard InChI is InChI=1S/C43H32F6N2/c1-23-9-13-34-29(17-23)30-18-24(2)10-14-35(30)50(34)38-21-28(42(44,45)46)22-39(41(38)40-27(5)7-6-8-33(40)43(47,48)49)51-36-15-11-25(3)19-31(36)32-20-26(4)12-16-37(32)51/h6-22H,1-5H3. The molecule has 0 saturated heterocycles. The van der Waals surface area contributed by atoms with Crippen molar-refractivity contribution in [1.82, 2.24) is 9.13 Å². The molecule has 8 aromatic rings. The zero-order valence-electron chi connectivity index (χ0n) is 28.5. The summed E-state index contributed by atoms with van der Waals surface area (Å²) in [4.78, 5) is 0. The molecule has 0 amide bonds. The van der Waals surface area contributed by atoms with E-state index in [-0.39, 0.29) is 28.1 Å². The molecule has 0 atom stereocenters. The van der Waals surface area contributed by atoms with Crippen molar-refractivity contribution in [3.63, 3.8) is 0 Å². The summed E-state index contributed by atoms with van der Waals surface area (Å²) in [7, 11) is 0. The molecular formula is C43H32F6N2. The maximum absolute atomic E-state index is 15.2. The lowest BCUT2D eigenvalue weighted by Crippen LogP contribution is -2.14. The van der Waals surface area contributed by atoms with Crippen molar-refractivity contribution in [2.75, 3.05) is 0 Å². The van der Waals surface area contributed by atoms with E-state index < -0.39 is 23.5 Å². The van der Waals surface area contributed by atoms with Crippen molar-refractivity contribution < 1.29 is 26.3 Å². The van der Waals surface area contributed by atoms with Gasteiger partial charge in [-0.2, -0.15) is 26.3 Å². The summed E-state index contributed by atoms with van der Waals surface area (Å²) >= 11 is 0. The molecule has 0 radical (unpaired) electrons. The first-order valence-corrected chi connectivity index (χ1v) is 16.6. The number of rotatable bonds is 3. The fraction of sp³-hybridized carbons (Fsp3) is 0.163. The van der Waals surface area contributed by atoms with E-state index in [2.05, 4.69) is 0 Å². The van der Waals surface area contributed by atoms with Crippen LogP contribution in [0.25, 0.3) is 66.1 Å². The number of halogens is 6. The molecule has 2 nitrogen and oxygen atoms in total. The number of nitrogens with zero attached hydrogens (tertiary/aromatic N) is 2. The van der Waals surface area contributed by atoms with Gasteiger partial charge in [-0.15, -0.1) is 0 Å². The van der Waals surface area contributed by atoms with Gasteiger partial charge >= 0.3 is 12.4 Å². The number of hydrogen-bond acceptors (Lipinski definition) is 0. The predicted molar refractivity (Wildman–Crippen MR) is 194 cm³/mol. The minimum atomic E-state index is -4.82. The van der Waals surface area contributed by atoms with Gasteiger partial charge in [0, 0.05) is 32.7 Å². The van der Waals surface area contributed by atoms with Crippen LogP contribution in [0.5, 0.6) is 0 Å². The SMILES string of the molecule is Cc1ccc2c(c1)c1cc(C)ccc1n2-c1cc(C(F)(F)F)cc(-n2c3ccc(C)cc3c3cc(C)ccc32)c1-c1c(C)cccc1C(F)(F)F. The third kappa shape index (κ3) is 5.19. The molecular weight excluding hydrogens is 658 g/mol. The summed E-state index contributed by atoms with van der Waals surface area (Å²) in [5.41, 5.74) is 4.40. The Labute approximate surface area is 290 Å². The zero-order valence-corrected chi connectivity index (χ0v) is 28.5. The molecule has 0 spiro atoms. The van der Waals surface area contributed by atoms with Crippen LogP contribution in [0.3, 0.4) is 0 Å². The Morgan fingerprint density at radius 1 is 0.412 bits per heavy atom. The second-order valence-electron chi connectivity index (χ2n) is 13.6. The average molecular weight is 691 g/mol. The molecule has 8 rings (SSSR count). The normalized spacial score (nSPS) is 12.6. The second kappa shape index (κ2) is 11.3. The minimum absolute atomic E-state index is 0.00144. The highest BCUT2D eigenvalue weighted by molar-refractivity contribution is 6.12. The molecule has 0 aliphatic rings. The number of aromatic nitrogens is 2. The van der Waals surface area contributed by atoms with Gasteiger partial charge in [0.25, 0.3) is 0 Å². The van der Waals surface area contributed by atoms with Gasteiger partial charge in [-0.05, 0) is 107 Å². The number of benzene rings is 6. The second-order valence-corrected chi connectivity index (χ2v) is 13.6. The number of fused-ring (bicyclic) bond motifs is 6. The third-order valence-corrected chi connectivity index (χ3v) is 9.89. The van der Waals surface area contributed by atoms with Crippen LogP contribution in [0.2, 0.25) is 0 Å². The van der Waals surface area contributed by atoms with Gasteiger partial charge in [0.15, 0.2) is 0 Å². The topological polar surface area (TPSA) is 9.86 Å². The minimum Gasteiger partial charge on any atom is -0.309 e. The maximum Gasteiger partial charge on any atom is 0.417 e. The van der Waals surface area contributed by atoms with Crippen molar-refractivity contribution >= 4 is 43.6 Å². The molecule has 0 N–H and O–H groups in total. The van der Waals surface area contributed by atoms with Gasteiger partial charge < -0.3 is 9.13 Å². The predicted octanol–water partition coefficient (Wildman–Crippen LogP) is 13.1. The molecule has 0 unspecified atom stereocenters. The molecule has 0 fully saturated rings. The Balaban J connectivity index is 1.68. The van der Waals surface area contributed by atoms with Crippen LogP contribution in [0.1, 0.15) is 38.9 Å². The smallest absolute Gasteiger partial charge is 0.309 e. The monoisotopic (exact) mass is 690 g/mol. The zero-order chi connectivity index (χ0) is 36.1. The van der Waals surface area contributed by atoms with Crippen molar-refractivity contribution in [3.8, 4) is 22.5 Å². The number of aryl methyl sites for hydroxylation is 5. The van der Waals surface area contributed by atoms with E-state index in [4.69, 9.17) is 0 Å². The van der Waals surface area contributed by atoms with Gasteiger partial charge in [-0.3, -0.25) is 0 Å². The summed E-state index contributed by atoms with van der Waals surface area (Å²) in [5.74, 6) is 0. The maximum atomic E-state index is 15.2. The molecule has 51 heavy (non-hydrogen) atoms. The Hall–Kier alpha value is -5.50. The lowest BCUT2D eigenvalue weighted by molar-refractivity contribution is -0.138. The van der Waals surface area contributed by atoms with Crippen molar-refractivity contribution in [2.24, 2.45) is 0 Å². The van der Waals surface area contributed by atoms with E-state index in [0.29, 0.717) is 22.1 Å². The van der Waals surface area contributed by atoms with E-state index in [1.54, 1.807) is 22.1 Å². The van der Waals surface area contributed by atoms with Crippen LogP contribution < -0.4 is 0 Å². The third-order valence-electron chi connectivity index (χ3n) is 9.89. The van der Waals surface area contributed by atoms with Crippen LogP contribution in [-0.4, -0.2) is 9.13 Å². The van der Waals surface area contributed by atoms with Gasteiger partial charge in [-0.1, -0.05) is 58.7 Å². The average Bonchev–Trinajstić information content (AvgIpc) is 3.54. The van der Waals surface area contributed by atoms with Crippen LogP contribution >= 0.6 is 0 Å². The Morgan fingerprint density at radius 2 is 0.784 bits per heavy atom. The summed E-state index contributed by atoms with van der Waals surface area (Å²) < 4.78 is 94.3. The van der Waals surface area contributed by atoms with E-state index in [1.165, 1.54) is 6.07 Å². The Bertz CT molecular complexity index is 2460. The molecule has 0 aliphatic heterocycles. The molecule has 6 aromatic carbocycles. The van der Waals surface area contributed by atoms with Crippen LogP contribution in [-0.2, 0) is 12.4 Å². The van der Waals surface area contributed by atoms with Crippen LogP contribution in [0.4, 0.5) is 26.3 Å². The molecule has 0 saturated carbocycles. The lowest BCUT2D eigenvalue weighted by Gasteiger charge is -2.25. The summed E-state index contributed by atoms with van der Waals surface area (Å²) in [5, 5.41) is 3.18. The number of alkyl halides is 6. The van der Waals surface area contributed by atoms with Crippen LogP contribution in [0.15, 0.2) is 103 Å². The fourth-order valence-corrected chi connectivity index (χ4v) is 7.64. The lowest BCUT2D eigenvalue weighted by atomic mass is 9.90. The Morgan fingerprint density at radius 3 is 1.12 bits per heavy atom. The highest BCUT2D eigenvalue weighted by Crippen LogP contribution is 2.49. The fourth-order valence-electron chi connectivity index (χ4n) is 7.64. The quantitative estimate of drug-likeness (QED) is 0.163. The van der Waals surface area contributed by atoms with Crippen LogP contribution in [0, 0.1) is 34.6 Å². The first-order chi connectivity index (χ1) is 24.1. The largest absolute Gasteiger partial charge is 0.417 e. The highest BCUT2D eigenvalue weighted by Gasteiger charge is 2.39. The van der Waals surface area contributed by atoms with Crippen molar-refractivity contribution in [3.05, 3.63) is 142 Å². The molecule has 2 heterocycles. The van der Waals surface area contributed by atoms with E-state index in [9.17, 15) is 0 Å². The summed E-state index contributed by atoms with van der Waals surface area (Å²) in [6.45, 7) is 9.30. The number of hydrogen-bond donors (Lipinski definition) is 0. The first kappa shape index (κ1) is 32.7. The molecule has 2 aromatic heterocycles. The van der Waals surface area contributed by atoms with Crippen molar-refractivity contribution in [2.45, 2.75) is 47.0 Å². The molecule has 256 valence electrons. The van der Waals surface area contributed by atoms with Gasteiger partial charge in [0.1, 0.15) is 0 Å².